The van der Waals surface area contributed by atoms with Crippen LogP contribution in [0.15, 0.2) is 12.1 Å². The van der Waals surface area contributed by atoms with E-state index >= 15 is 0 Å². The van der Waals surface area contributed by atoms with Gasteiger partial charge in [0.15, 0.2) is 0 Å². The molecule has 2 heterocycles. The number of piperazine rings is 1. The van der Waals surface area contributed by atoms with Crippen LogP contribution in [0.25, 0.3) is 0 Å². The van der Waals surface area contributed by atoms with Gasteiger partial charge in [-0.2, -0.15) is 0 Å². The number of rotatable bonds is 2. The van der Waals surface area contributed by atoms with E-state index in [-0.39, 0.29) is 6.04 Å². The van der Waals surface area contributed by atoms with E-state index in [4.69, 9.17) is 11.6 Å². The molecule has 1 aliphatic heterocycles. The summed E-state index contributed by atoms with van der Waals surface area (Å²) in [6.45, 7) is 2.95. The number of hydrogen-bond acceptors (Lipinski definition) is 4. The Morgan fingerprint density at radius 3 is 2.81 bits per heavy atom. The molecule has 2 unspecified atom stereocenters. The molecule has 0 aliphatic carbocycles. The second kappa shape index (κ2) is 5.02. The number of aliphatic hydroxyl groups is 1. The molecular formula is C11H17ClN2OS. The summed E-state index contributed by atoms with van der Waals surface area (Å²) in [6.07, 6.45) is -0.440. The molecule has 2 atom stereocenters. The molecule has 2 rings (SSSR count). The highest BCUT2D eigenvalue weighted by Crippen LogP contribution is 2.31. The van der Waals surface area contributed by atoms with E-state index in [1.165, 1.54) is 11.3 Å². The van der Waals surface area contributed by atoms with Gasteiger partial charge in [-0.05, 0) is 26.2 Å². The summed E-state index contributed by atoms with van der Waals surface area (Å²) in [7, 11) is 4.16. The van der Waals surface area contributed by atoms with Crippen molar-refractivity contribution in [2.45, 2.75) is 12.1 Å². The van der Waals surface area contributed by atoms with Gasteiger partial charge in [0.1, 0.15) is 6.10 Å². The Morgan fingerprint density at radius 2 is 2.19 bits per heavy atom. The highest BCUT2D eigenvalue weighted by molar-refractivity contribution is 7.16. The smallest absolute Gasteiger partial charge is 0.105 e. The zero-order valence-electron chi connectivity index (χ0n) is 9.56. The Kier molecular flexibility index (Phi) is 3.87. The minimum atomic E-state index is -0.440. The Morgan fingerprint density at radius 1 is 1.44 bits per heavy atom. The van der Waals surface area contributed by atoms with E-state index in [0.29, 0.717) is 0 Å². The topological polar surface area (TPSA) is 26.7 Å². The summed E-state index contributed by atoms with van der Waals surface area (Å²) in [5, 5.41) is 10.3. The average Bonchev–Trinajstić information content (AvgIpc) is 2.67. The second-order valence-corrected chi connectivity index (χ2v) is 6.14. The van der Waals surface area contributed by atoms with Crippen molar-refractivity contribution in [1.29, 1.82) is 0 Å². The van der Waals surface area contributed by atoms with Crippen molar-refractivity contribution in [3.05, 3.63) is 21.3 Å². The molecule has 0 spiro atoms. The Labute approximate surface area is 105 Å². The highest BCUT2D eigenvalue weighted by Gasteiger charge is 2.30. The minimum absolute atomic E-state index is 0.161. The van der Waals surface area contributed by atoms with Gasteiger partial charge in [-0.3, -0.25) is 4.90 Å². The maximum atomic E-state index is 10.3. The van der Waals surface area contributed by atoms with Crippen molar-refractivity contribution in [1.82, 2.24) is 9.80 Å². The number of hydrogen-bond donors (Lipinski definition) is 1. The summed E-state index contributed by atoms with van der Waals surface area (Å²) in [5.74, 6) is 0. The Balaban J connectivity index is 2.10. The third-order valence-corrected chi connectivity index (χ3v) is 4.45. The van der Waals surface area contributed by atoms with Crippen LogP contribution in [0.3, 0.4) is 0 Å². The fourth-order valence-corrected chi connectivity index (χ4v) is 3.17. The third-order valence-electron chi connectivity index (χ3n) is 3.15. The summed E-state index contributed by atoms with van der Waals surface area (Å²) >= 11 is 7.35. The normalized spacial score (nSPS) is 25.9. The predicted octanol–water partition coefficient (Wildman–Crippen LogP) is 1.68. The van der Waals surface area contributed by atoms with Gasteiger partial charge in [-0.25, -0.2) is 0 Å². The maximum absolute atomic E-state index is 10.3. The van der Waals surface area contributed by atoms with Crippen LogP contribution in [0.4, 0.5) is 0 Å². The first-order valence-electron chi connectivity index (χ1n) is 5.40. The van der Waals surface area contributed by atoms with Crippen LogP contribution in [0.1, 0.15) is 11.0 Å². The predicted molar refractivity (Wildman–Crippen MR) is 68.2 cm³/mol. The molecule has 90 valence electrons. The van der Waals surface area contributed by atoms with Gasteiger partial charge in [0.25, 0.3) is 0 Å². The zero-order valence-corrected chi connectivity index (χ0v) is 11.1. The Hall–Kier alpha value is -0.130. The maximum Gasteiger partial charge on any atom is 0.105 e. The van der Waals surface area contributed by atoms with E-state index < -0.39 is 6.10 Å². The van der Waals surface area contributed by atoms with E-state index in [1.54, 1.807) is 0 Å². The van der Waals surface area contributed by atoms with Crippen LogP contribution in [-0.2, 0) is 0 Å². The SMILES string of the molecule is CN1CCN(C)C(C(O)c2ccc(Cl)s2)C1. The van der Waals surface area contributed by atoms with E-state index in [9.17, 15) is 5.11 Å². The first-order chi connectivity index (χ1) is 7.58. The van der Waals surface area contributed by atoms with Gasteiger partial charge >= 0.3 is 0 Å². The summed E-state index contributed by atoms with van der Waals surface area (Å²) < 4.78 is 0.737. The van der Waals surface area contributed by atoms with Crippen molar-refractivity contribution in [3.8, 4) is 0 Å². The van der Waals surface area contributed by atoms with Crippen molar-refractivity contribution in [3.63, 3.8) is 0 Å². The van der Waals surface area contributed by atoms with E-state index in [2.05, 4.69) is 23.9 Å². The van der Waals surface area contributed by atoms with Gasteiger partial charge < -0.3 is 10.0 Å². The molecule has 0 aromatic carbocycles. The molecule has 0 amide bonds. The van der Waals surface area contributed by atoms with Crippen molar-refractivity contribution in [2.75, 3.05) is 33.7 Å². The first kappa shape index (κ1) is 12.3. The number of nitrogens with zero attached hydrogens (tertiary/aromatic N) is 2. The second-order valence-electron chi connectivity index (χ2n) is 4.40. The van der Waals surface area contributed by atoms with Crippen LogP contribution in [0.2, 0.25) is 4.34 Å². The number of likely N-dealkylation sites (N-methyl/N-ethyl adjacent to an activating group) is 2. The van der Waals surface area contributed by atoms with Gasteiger partial charge in [-0.1, -0.05) is 11.6 Å². The van der Waals surface area contributed by atoms with Crippen LogP contribution < -0.4 is 0 Å². The van der Waals surface area contributed by atoms with Gasteiger partial charge in [0, 0.05) is 24.5 Å². The third kappa shape index (κ3) is 2.57. The van der Waals surface area contributed by atoms with E-state index in [1.807, 2.05) is 12.1 Å². The zero-order chi connectivity index (χ0) is 11.7. The van der Waals surface area contributed by atoms with Gasteiger partial charge in [-0.15, -0.1) is 11.3 Å². The lowest BCUT2D eigenvalue weighted by molar-refractivity contribution is 0.0156. The molecule has 16 heavy (non-hydrogen) atoms. The minimum Gasteiger partial charge on any atom is -0.386 e. The lowest BCUT2D eigenvalue weighted by atomic mass is 10.1. The standard InChI is InChI=1S/C11H17ClN2OS/c1-13-5-6-14(2)8(7-13)11(15)9-3-4-10(12)16-9/h3-4,8,11,15H,5-7H2,1-2H3. The van der Waals surface area contributed by atoms with Gasteiger partial charge in [0.2, 0.25) is 0 Å². The molecule has 5 heteroatoms. The van der Waals surface area contributed by atoms with E-state index in [0.717, 1.165) is 28.8 Å². The number of thiophene rings is 1. The summed E-state index contributed by atoms with van der Waals surface area (Å²) in [4.78, 5) is 5.43. The molecule has 1 aromatic rings. The summed E-state index contributed by atoms with van der Waals surface area (Å²) in [6, 6.07) is 3.92. The number of aliphatic hydroxyl groups excluding tert-OH is 1. The molecular weight excluding hydrogens is 244 g/mol. The largest absolute Gasteiger partial charge is 0.386 e. The fourth-order valence-electron chi connectivity index (χ4n) is 2.06. The number of halogens is 1. The fraction of sp³-hybridized carbons (Fsp3) is 0.636. The lowest BCUT2D eigenvalue weighted by Gasteiger charge is -2.39. The average molecular weight is 261 g/mol. The monoisotopic (exact) mass is 260 g/mol. The molecule has 0 radical (unpaired) electrons. The molecule has 1 fully saturated rings. The molecule has 0 saturated carbocycles. The Bertz CT molecular complexity index is 358. The molecule has 1 N–H and O–H groups in total. The van der Waals surface area contributed by atoms with Gasteiger partial charge in [0.05, 0.1) is 10.4 Å². The molecule has 1 aliphatic rings. The lowest BCUT2D eigenvalue weighted by Crippen LogP contribution is -2.52. The molecule has 3 nitrogen and oxygen atoms in total. The molecule has 1 aromatic heterocycles. The van der Waals surface area contributed by atoms with Crippen LogP contribution in [0, 0.1) is 0 Å². The van der Waals surface area contributed by atoms with Crippen LogP contribution in [-0.4, -0.2) is 54.7 Å². The highest BCUT2D eigenvalue weighted by atomic mass is 35.5. The quantitative estimate of drug-likeness (QED) is 0.877. The first-order valence-corrected chi connectivity index (χ1v) is 6.59. The van der Waals surface area contributed by atoms with Crippen LogP contribution in [0.5, 0.6) is 0 Å². The molecule has 0 bridgehead atoms. The summed E-state index contributed by atoms with van der Waals surface area (Å²) in [5.41, 5.74) is 0. The van der Waals surface area contributed by atoms with Crippen molar-refractivity contribution < 1.29 is 5.11 Å². The van der Waals surface area contributed by atoms with Crippen LogP contribution >= 0.6 is 22.9 Å². The van der Waals surface area contributed by atoms with Crippen molar-refractivity contribution in [2.24, 2.45) is 0 Å². The molecule has 1 saturated heterocycles. The van der Waals surface area contributed by atoms with Crippen molar-refractivity contribution >= 4 is 22.9 Å².